The molecule has 0 aliphatic heterocycles. The maximum absolute atomic E-state index is 14.5. The number of halogens is 4. The predicted molar refractivity (Wildman–Crippen MR) is 138 cm³/mol. The summed E-state index contributed by atoms with van der Waals surface area (Å²) in [6, 6.07) is 8.81. The van der Waals surface area contributed by atoms with Crippen LogP contribution in [0.2, 0.25) is 0 Å². The van der Waals surface area contributed by atoms with Crippen LogP contribution in [0.15, 0.2) is 60.7 Å². The van der Waals surface area contributed by atoms with E-state index in [1.54, 1.807) is 25.3 Å². The number of benzene rings is 1. The Morgan fingerprint density at radius 2 is 1.98 bits per heavy atom. The quantitative estimate of drug-likeness (QED) is 0.102. The van der Waals surface area contributed by atoms with Crippen LogP contribution in [0.25, 0.3) is 0 Å². The van der Waals surface area contributed by atoms with Crippen molar-refractivity contribution in [1.29, 1.82) is 0 Å². The van der Waals surface area contributed by atoms with E-state index in [2.05, 4.69) is 25.9 Å². The van der Waals surface area contributed by atoms with E-state index in [1.807, 2.05) is 6.07 Å². The van der Waals surface area contributed by atoms with Gasteiger partial charge in [0.15, 0.2) is 5.69 Å². The number of carbonyl (C=O) groups is 2. The minimum absolute atomic E-state index is 0.0278. The highest BCUT2D eigenvalue weighted by Gasteiger charge is 2.30. The number of pyridine rings is 1. The Morgan fingerprint density at radius 1 is 1.20 bits per heavy atom. The molecule has 2 heterocycles. The third-order valence-electron chi connectivity index (χ3n) is 5.58. The molecule has 6 N–H and O–H groups in total. The van der Waals surface area contributed by atoms with Crippen molar-refractivity contribution in [3.05, 3.63) is 83.2 Å². The minimum Gasteiger partial charge on any atom is -0.497 e. The second kappa shape index (κ2) is 14.1. The van der Waals surface area contributed by atoms with Crippen LogP contribution in [0.4, 0.5) is 17.6 Å². The molecule has 2 amide bonds. The average Bonchev–Trinajstić information content (AvgIpc) is 3.42. The molecular weight excluding hydrogens is 550 g/mol. The molecule has 0 spiro atoms. The molecule has 2 aromatic heterocycles. The van der Waals surface area contributed by atoms with Crippen LogP contribution in [0.5, 0.6) is 5.75 Å². The first-order valence-corrected chi connectivity index (χ1v) is 12.2. The summed E-state index contributed by atoms with van der Waals surface area (Å²) in [5, 5.41) is 13.5. The fourth-order valence-electron chi connectivity index (χ4n) is 3.47. The summed E-state index contributed by atoms with van der Waals surface area (Å²) in [7, 11) is 1.54. The Balaban J connectivity index is 1.41. The second-order valence-electron chi connectivity index (χ2n) is 8.78. The number of nitrogens with one attached hydrogen (secondary N) is 2. The maximum atomic E-state index is 14.5. The molecule has 3 aromatic rings. The van der Waals surface area contributed by atoms with Crippen molar-refractivity contribution >= 4 is 11.8 Å². The van der Waals surface area contributed by atoms with E-state index >= 15 is 0 Å². The third-order valence-corrected chi connectivity index (χ3v) is 5.58. The number of carbonyl (C=O) groups excluding carboxylic acids is 2. The van der Waals surface area contributed by atoms with E-state index in [0.29, 0.717) is 5.75 Å². The smallest absolute Gasteiger partial charge is 0.416 e. The standard InChI is InChI=1S/C25H29F4N9O3/c1-41-20-4-2-3-16(9-20)11-33-24(40)22-15-38(36-35-22)8-6-18(26)13-37(31)14-21(30)23(39)34-12-19-10-17(5-7-32-19)25(27,28)29/h2-5,7,9-10,14-15,18H,6,8,11-13,30-31H2,1H3,(H,33,40)(H,34,39)/b21-14-. The van der Waals surface area contributed by atoms with Crippen LogP contribution in [0, 0.1) is 0 Å². The average molecular weight is 580 g/mol. The highest BCUT2D eigenvalue weighted by atomic mass is 19.4. The monoisotopic (exact) mass is 579 g/mol. The number of ether oxygens (including phenoxy) is 1. The van der Waals surface area contributed by atoms with Gasteiger partial charge in [-0.1, -0.05) is 17.3 Å². The van der Waals surface area contributed by atoms with Gasteiger partial charge in [-0.25, -0.2) is 10.2 Å². The SMILES string of the molecule is COc1cccc(CNC(=O)c2cn(CCC(F)CN(N)/C=C(\N)C(=O)NCc3cc(C(F)(F)F)ccn3)nn2)c1. The zero-order chi connectivity index (χ0) is 30.0. The Hall–Kier alpha value is -4.73. The molecule has 12 nitrogen and oxygen atoms in total. The van der Waals surface area contributed by atoms with Crippen LogP contribution < -0.4 is 26.9 Å². The third kappa shape index (κ3) is 9.75. The molecular formula is C25H29F4N9O3. The lowest BCUT2D eigenvalue weighted by molar-refractivity contribution is -0.137. The Morgan fingerprint density at radius 3 is 2.71 bits per heavy atom. The van der Waals surface area contributed by atoms with Crippen LogP contribution in [0.3, 0.4) is 0 Å². The summed E-state index contributed by atoms with van der Waals surface area (Å²) < 4.78 is 59.4. The summed E-state index contributed by atoms with van der Waals surface area (Å²) >= 11 is 0. The van der Waals surface area contributed by atoms with Crippen molar-refractivity contribution in [2.45, 2.75) is 38.4 Å². The first kappa shape index (κ1) is 30.8. The highest BCUT2D eigenvalue weighted by Crippen LogP contribution is 2.28. The summed E-state index contributed by atoms with van der Waals surface area (Å²) in [5.41, 5.74) is 5.24. The number of alkyl halides is 4. The van der Waals surface area contributed by atoms with Crippen LogP contribution >= 0.6 is 0 Å². The number of hydrogen-bond acceptors (Lipinski definition) is 9. The van der Waals surface area contributed by atoms with Gasteiger partial charge in [-0.05, 0) is 29.8 Å². The van der Waals surface area contributed by atoms with E-state index < -0.39 is 29.7 Å². The first-order valence-electron chi connectivity index (χ1n) is 12.2. The molecule has 1 unspecified atom stereocenters. The molecule has 0 aliphatic rings. The molecule has 1 atom stereocenters. The molecule has 0 bridgehead atoms. The van der Waals surface area contributed by atoms with Crippen LogP contribution in [-0.4, -0.2) is 56.6 Å². The minimum atomic E-state index is -4.55. The normalized spacial score (nSPS) is 12.5. The van der Waals surface area contributed by atoms with E-state index in [9.17, 15) is 27.2 Å². The molecule has 0 radical (unpaired) electrons. The number of methoxy groups -OCH3 is 1. The van der Waals surface area contributed by atoms with Gasteiger partial charge in [0, 0.05) is 31.9 Å². The van der Waals surface area contributed by atoms with Gasteiger partial charge >= 0.3 is 6.18 Å². The Kier molecular flexibility index (Phi) is 10.6. The number of hydrogen-bond donors (Lipinski definition) is 4. The lowest BCUT2D eigenvalue weighted by Crippen LogP contribution is -2.36. The van der Waals surface area contributed by atoms with Crippen molar-refractivity contribution in [3.8, 4) is 5.75 Å². The van der Waals surface area contributed by atoms with Gasteiger partial charge in [-0.15, -0.1) is 5.10 Å². The predicted octanol–water partition coefficient (Wildman–Crippen LogP) is 1.65. The lowest BCUT2D eigenvalue weighted by Gasteiger charge is -2.17. The van der Waals surface area contributed by atoms with E-state index in [1.165, 1.54) is 10.9 Å². The van der Waals surface area contributed by atoms with Gasteiger partial charge < -0.3 is 26.1 Å². The zero-order valence-electron chi connectivity index (χ0n) is 21.9. The molecule has 0 aliphatic carbocycles. The number of aryl methyl sites for hydroxylation is 1. The number of aromatic nitrogens is 4. The molecule has 0 fully saturated rings. The summed E-state index contributed by atoms with van der Waals surface area (Å²) in [4.78, 5) is 28.3. The maximum Gasteiger partial charge on any atom is 0.416 e. The topological polar surface area (TPSA) is 166 Å². The lowest BCUT2D eigenvalue weighted by atomic mass is 10.2. The van der Waals surface area contributed by atoms with Gasteiger partial charge in [0.1, 0.15) is 17.6 Å². The van der Waals surface area contributed by atoms with Crippen molar-refractivity contribution in [2.75, 3.05) is 13.7 Å². The zero-order valence-corrected chi connectivity index (χ0v) is 21.9. The molecule has 16 heteroatoms. The van der Waals surface area contributed by atoms with Crippen LogP contribution in [0.1, 0.15) is 33.7 Å². The van der Waals surface area contributed by atoms with Crippen molar-refractivity contribution in [1.82, 2.24) is 35.6 Å². The number of amides is 2. The Bertz CT molecular complexity index is 1360. The van der Waals surface area contributed by atoms with Gasteiger partial charge in [0.25, 0.3) is 11.8 Å². The van der Waals surface area contributed by atoms with Gasteiger partial charge in [-0.2, -0.15) is 13.2 Å². The molecule has 41 heavy (non-hydrogen) atoms. The number of nitrogens with two attached hydrogens (primary N) is 2. The molecule has 1 aromatic carbocycles. The van der Waals surface area contributed by atoms with Crippen molar-refractivity contribution < 1.29 is 31.9 Å². The molecule has 220 valence electrons. The van der Waals surface area contributed by atoms with Crippen molar-refractivity contribution in [2.24, 2.45) is 11.6 Å². The highest BCUT2D eigenvalue weighted by molar-refractivity contribution is 5.92. The Labute approximate surface area is 232 Å². The van der Waals surface area contributed by atoms with E-state index in [0.717, 1.165) is 35.1 Å². The molecule has 0 saturated heterocycles. The summed E-state index contributed by atoms with van der Waals surface area (Å²) in [6.07, 6.45) is -2.69. The van der Waals surface area contributed by atoms with Gasteiger partial charge in [0.05, 0.1) is 37.7 Å². The number of rotatable bonds is 13. The molecule has 0 saturated carbocycles. The second-order valence-corrected chi connectivity index (χ2v) is 8.78. The van der Waals surface area contributed by atoms with Gasteiger partial charge in [-0.3, -0.25) is 19.3 Å². The van der Waals surface area contributed by atoms with E-state index in [4.69, 9.17) is 16.3 Å². The summed E-state index contributed by atoms with van der Waals surface area (Å²) in [5.74, 6) is 5.11. The first-order chi connectivity index (χ1) is 19.4. The van der Waals surface area contributed by atoms with Crippen molar-refractivity contribution in [3.63, 3.8) is 0 Å². The fourth-order valence-corrected chi connectivity index (χ4v) is 3.47. The largest absolute Gasteiger partial charge is 0.497 e. The van der Waals surface area contributed by atoms with Crippen LogP contribution in [-0.2, 0) is 30.6 Å². The molecule has 3 rings (SSSR count). The summed E-state index contributed by atoms with van der Waals surface area (Å²) in [6.45, 7) is -0.300. The fraction of sp³-hybridized carbons (Fsp3) is 0.320. The van der Waals surface area contributed by atoms with Gasteiger partial charge in [0.2, 0.25) is 0 Å². The van der Waals surface area contributed by atoms with E-state index in [-0.39, 0.29) is 49.7 Å². The number of hydrazine groups is 1. The number of nitrogens with zero attached hydrogens (tertiary/aromatic N) is 5.